The van der Waals surface area contributed by atoms with Crippen LogP contribution in [0, 0.1) is 5.92 Å². The molecule has 3 aromatic rings. The Morgan fingerprint density at radius 1 is 1.24 bits per heavy atom. The van der Waals surface area contributed by atoms with E-state index < -0.39 is 10.0 Å². The van der Waals surface area contributed by atoms with Gasteiger partial charge in [-0.2, -0.15) is 4.31 Å². The van der Waals surface area contributed by atoms with E-state index in [0.29, 0.717) is 60.7 Å². The average Bonchev–Trinajstić information content (AvgIpc) is 3.36. The zero-order valence-corrected chi connectivity index (χ0v) is 20.5. The molecule has 1 amide bonds. The van der Waals surface area contributed by atoms with E-state index in [0.717, 1.165) is 17.7 Å². The first-order chi connectivity index (χ1) is 15.9. The molecule has 2 aromatic heterocycles. The second-order valence-corrected chi connectivity index (χ2v) is 11.3. The van der Waals surface area contributed by atoms with E-state index >= 15 is 0 Å². The Morgan fingerprint density at radius 2 is 2.03 bits per heavy atom. The third-order valence-corrected chi connectivity index (χ3v) is 8.78. The minimum absolute atomic E-state index is 0.198. The smallest absolute Gasteiger partial charge is 0.252 e. The standard InChI is InChI=1S/C24H29N3O4S2/c1-17-8-11-27(12-9-17)33(29,30)18-6-7-21-19(15-18)20(24(28)25-10-4-13-31-2)16-22(26-21)23-5-3-14-32-23/h3,5-7,14-17H,4,8-13H2,1-2H3,(H,25,28). The number of aromatic nitrogens is 1. The molecule has 1 N–H and O–H groups in total. The topological polar surface area (TPSA) is 88.6 Å². The van der Waals surface area contributed by atoms with Gasteiger partial charge in [0.2, 0.25) is 10.0 Å². The average molecular weight is 488 g/mol. The predicted molar refractivity (Wildman–Crippen MR) is 131 cm³/mol. The molecule has 0 unspecified atom stereocenters. The van der Waals surface area contributed by atoms with Crippen molar-refractivity contribution in [3.8, 4) is 10.6 Å². The van der Waals surface area contributed by atoms with E-state index in [1.165, 1.54) is 0 Å². The number of sulfonamides is 1. The third kappa shape index (κ3) is 5.27. The van der Waals surface area contributed by atoms with Gasteiger partial charge >= 0.3 is 0 Å². The van der Waals surface area contributed by atoms with Gasteiger partial charge in [-0.25, -0.2) is 13.4 Å². The number of fused-ring (bicyclic) bond motifs is 1. The van der Waals surface area contributed by atoms with E-state index in [2.05, 4.69) is 12.2 Å². The highest BCUT2D eigenvalue weighted by molar-refractivity contribution is 7.89. The van der Waals surface area contributed by atoms with Crippen molar-refractivity contribution in [1.29, 1.82) is 0 Å². The molecule has 1 saturated heterocycles. The van der Waals surface area contributed by atoms with Crippen LogP contribution in [-0.4, -0.2) is 57.0 Å². The lowest BCUT2D eigenvalue weighted by atomic mass is 10.0. The number of methoxy groups -OCH3 is 1. The van der Waals surface area contributed by atoms with Crippen LogP contribution in [0.3, 0.4) is 0 Å². The van der Waals surface area contributed by atoms with Crippen molar-refractivity contribution in [2.75, 3.05) is 33.4 Å². The van der Waals surface area contributed by atoms with E-state index in [9.17, 15) is 13.2 Å². The number of hydrogen-bond donors (Lipinski definition) is 1. The summed E-state index contributed by atoms with van der Waals surface area (Å²) in [5, 5.41) is 5.41. The Labute approximate surface area is 198 Å². The zero-order chi connectivity index (χ0) is 23.4. The summed E-state index contributed by atoms with van der Waals surface area (Å²) in [7, 11) is -2.02. The van der Waals surface area contributed by atoms with Crippen LogP contribution in [0.2, 0.25) is 0 Å². The van der Waals surface area contributed by atoms with Crippen molar-refractivity contribution in [1.82, 2.24) is 14.6 Å². The summed E-state index contributed by atoms with van der Waals surface area (Å²) in [4.78, 5) is 19.0. The van der Waals surface area contributed by atoms with E-state index in [1.807, 2.05) is 17.5 Å². The molecule has 1 fully saturated rings. The predicted octanol–water partition coefficient (Wildman–Crippen LogP) is 4.15. The number of pyridine rings is 1. The first kappa shape index (κ1) is 23.8. The summed E-state index contributed by atoms with van der Waals surface area (Å²) < 4.78 is 33.2. The summed E-state index contributed by atoms with van der Waals surface area (Å²) in [5.74, 6) is 0.277. The largest absolute Gasteiger partial charge is 0.385 e. The second-order valence-electron chi connectivity index (χ2n) is 8.40. The molecular formula is C24H29N3O4S2. The Morgan fingerprint density at radius 3 is 2.73 bits per heavy atom. The molecule has 0 radical (unpaired) electrons. The van der Waals surface area contributed by atoms with Gasteiger partial charge in [0.25, 0.3) is 5.91 Å². The fourth-order valence-corrected chi connectivity index (χ4v) is 6.17. The number of nitrogens with zero attached hydrogens (tertiary/aromatic N) is 2. The molecule has 9 heteroatoms. The molecule has 3 heterocycles. The Bertz CT molecular complexity index is 1220. The number of piperidine rings is 1. The van der Waals surface area contributed by atoms with Crippen LogP contribution in [0.4, 0.5) is 0 Å². The molecule has 1 aliphatic heterocycles. The number of amides is 1. The van der Waals surface area contributed by atoms with Crippen molar-refractivity contribution < 1.29 is 17.9 Å². The number of rotatable bonds is 8. The lowest BCUT2D eigenvalue weighted by molar-refractivity contribution is 0.0950. The van der Waals surface area contributed by atoms with Gasteiger partial charge in [-0.1, -0.05) is 13.0 Å². The van der Waals surface area contributed by atoms with Crippen LogP contribution in [0.1, 0.15) is 36.5 Å². The van der Waals surface area contributed by atoms with Gasteiger partial charge in [0.15, 0.2) is 0 Å². The number of ether oxygens (including phenoxy) is 1. The Balaban J connectivity index is 1.74. The molecule has 33 heavy (non-hydrogen) atoms. The maximum Gasteiger partial charge on any atom is 0.252 e. The molecular weight excluding hydrogens is 458 g/mol. The number of hydrogen-bond acceptors (Lipinski definition) is 6. The highest BCUT2D eigenvalue weighted by Crippen LogP contribution is 2.31. The number of benzene rings is 1. The van der Waals surface area contributed by atoms with Crippen LogP contribution in [0.25, 0.3) is 21.5 Å². The van der Waals surface area contributed by atoms with Crippen LogP contribution < -0.4 is 5.32 Å². The zero-order valence-electron chi connectivity index (χ0n) is 18.9. The highest BCUT2D eigenvalue weighted by Gasteiger charge is 2.28. The molecule has 0 bridgehead atoms. The molecule has 176 valence electrons. The first-order valence-electron chi connectivity index (χ1n) is 11.2. The number of thiophene rings is 1. The highest BCUT2D eigenvalue weighted by atomic mass is 32.2. The molecule has 7 nitrogen and oxygen atoms in total. The van der Waals surface area contributed by atoms with Gasteiger partial charge in [0.05, 0.1) is 26.5 Å². The summed E-state index contributed by atoms with van der Waals surface area (Å²) in [6, 6.07) is 10.5. The molecule has 0 atom stereocenters. The fourth-order valence-electron chi connectivity index (χ4n) is 3.99. The molecule has 1 aliphatic rings. The molecule has 0 saturated carbocycles. The molecule has 0 spiro atoms. The van der Waals surface area contributed by atoms with Gasteiger partial charge in [-0.05, 0) is 60.9 Å². The van der Waals surface area contributed by atoms with Crippen molar-refractivity contribution in [2.24, 2.45) is 5.92 Å². The van der Waals surface area contributed by atoms with Crippen LogP contribution >= 0.6 is 11.3 Å². The quantitative estimate of drug-likeness (QED) is 0.482. The van der Waals surface area contributed by atoms with Gasteiger partial charge in [0.1, 0.15) is 0 Å². The van der Waals surface area contributed by atoms with Crippen LogP contribution in [0.15, 0.2) is 46.7 Å². The van der Waals surface area contributed by atoms with Crippen molar-refractivity contribution >= 4 is 38.2 Å². The van der Waals surface area contributed by atoms with Crippen LogP contribution in [-0.2, 0) is 14.8 Å². The lowest BCUT2D eigenvalue weighted by Crippen LogP contribution is -2.37. The normalized spacial score (nSPS) is 15.7. The number of nitrogens with one attached hydrogen (secondary N) is 1. The second kappa shape index (κ2) is 10.3. The minimum atomic E-state index is -3.64. The SMILES string of the molecule is COCCCNC(=O)c1cc(-c2cccs2)nc2ccc(S(=O)(=O)N3CCC(C)CC3)cc12. The minimum Gasteiger partial charge on any atom is -0.385 e. The maximum atomic E-state index is 13.3. The summed E-state index contributed by atoms with van der Waals surface area (Å²) in [5.41, 5.74) is 1.71. The Kier molecular flexibility index (Phi) is 7.43. The monoisotopic (exact) mass is 487 g/mol. The van der Waals surface area contributed by atoms with Gasteiger partial charge < -0.3 is 10.1 Å². The van der Waals surface area contributed by atoms with Gasteiger partial charge in [-0.15, -0.1) is 11.3 Å². The maximum absolute atomic E-state index is 13.3. The van der Waals surface area contributed by atoms with Crippen molar-refractivity contribution in [2.45, 2.75) is 31.1 Å². The van der Waals surface area contributed by atoms with Gasteiger partial charge in [-0.3, -0.25) is 4.79 Å². The fraction of sp³-hybridized carbons (Fsp3) is 0.417. The molecule has 1 aromatic carbocycles. The number of carbonyl (C=O) groups is 1. The van der Waals surface area contributed by atoms with Crippen LogP contribution in [0.5, 0.6) is 0 Å². The van der Waals surface area contributed by atoms with E-state index in [4.69, 9.17) is 9.72 Å². The molecule has 0 aliphatic carbocycles. The van der Waals surface area contributed by atoms with E-state index in [1.54, 1.807) is 47.0 Å². The summed E-state index contributed by atoms with van der Waals surface area (Å²) >= 11 is 1.54. The van der Waals surface area contributed by atoms with Crippen molar-refractivity contribution in [3.63, 3.8) is 0 Å². The Hall–Kier alpha value is -2.33. The van der Waals surface area contributed by atoms with Gasteiger partial charge in [0, 0.05) is 38.7 Å². The number of carbonyl (C=O) groups excluding carboxylic acids is 1. The lowest BCUT2D eigenvalue weighted by Gasteiger charge is -2.29. The summed E-state index contributed by atoms with van der Waals surface area (Å²) in [6.07, 6.45) is 2.40. The van der Waals surface area contributed by atoms with Crippen molar-refractivity contribution in [3.05, 3.63) is 47.3 Å². The molecule has 4 rings (SSSR count). The third-order valence-electron chi connectivity index (χ3n) is 5.99. The van der Waals surface area contributed by atoms with E-state index in [-0.39, 0.29) is 10.8 Å². The summed E-state index contributed by atoms with van der Waals surface area (Å²) in [6.45, 7) is 4.20. The first-order valence-corrected chi connectivity index (χ1v) is 13.5.